The predicted octanol–water partition coefficient (Wildman–Crippen LogP) is 3.94. The van der Waals surface area contributed by atoms with Crippen LogP contribution in [0.4, 0.5) is 5.13 Å². The molecule has 0 aromatic carbocycles. The monoisotopic (exact) mass is 335 g/mol. The first kappa shape index (κ1) is 15.6. The third kappa shape index (κ3) is 3.39. The number of thiophene rings is 1. The zero-order valence-electron chi connectivity index (χ0n) is 12.9. The van der Waals surface area contributed by atoms with Crippen molar-refractivity contribution in [1.82, 2.24) is 4.98 Å². The summed E-state index contributed by atoms with van der Waals surface area (Å²) in [5.41, 5.74) is 6.96. The van der Waals surface area contributed by atoms with Crippen LogP contribution in [0.3, 0.4) is 0 Å². The van der Waals surface area contributed by atoms with Crippen LogP contribution in [0, 0.1) is 19.8 Å². The van der Waals surface area contributed by atoms with Crippen LogP contribution in [0.5, 0.6) is 0 Å². The molecule has 2 atom stereocenters. The lowest BCUT2D eigenvalue weighted by atomic mass is 9.86. The molecule has 0 bridgehead atoms. The maximum absolute atomic E-state index is 12.4. The minimum Gasteiger partial charge on any atom is -0.328 e. The quantitative estimate of drug-likeness (QED) is 0.892. The topological polar surface area (TPSA) is 68.0 Å². The van der Waals surface area contributed by atoms with Gasteiger partial charge in [0.15, 0.2) is 5.13 Å². The van der Waals surface area contributed by atoms with E-state index >= 15 is 0 Å². The first-order valence-corrected chi connectivity index (χ1v) is 9.27. The van der Waals surface area contributed by atoms with E-state index in [1.54, 1.807) is 22.7 Å². The van der Waals surface area contributed by atoms with E-state index in [9.17, 15) is 4.79 Å². The van der Waals surface area contributed by atoms with Crippen molar-refractivity contribution < 1.29 is 4.79 Å². The van der Waals surface area contributed by atoms with Crippen LogP contribution in [0.2, 0.25) is 0 Å². The molecular formula is C16H21N3OS2. The largest absolute Gasteiger partial charge is 0.328 e. The third-order valence-electron chi connectivity index (χ3n) is 4.09. The van der Waals surface area contributed by atoms with Crippen LogP contribution < -0.4 is 11.1 Å². The highest BCUT2D eigenvalue weighted by atomic mass is 32.1. The Labute approximate surface area is 138 Å². The molecule has 3 N–H and O–H groups in total. The SMILES string of the molecule is Cc1ccc(-c2nc(NC(=O)C3CCCC(N)C3)sc2C)s1. The van der Waals surface area contributed by atoms with Crippen molar-refractivity contribution in [2.75, 3.05) is 5.32 Å². The Morgan fingerprint density at radius 1 is 1.32 bits per heavy atom. The molecule has 1 fully saturated rings. The Hall–Kier alpha value is -1.24. The van der Waals surface area contributed by atoms with Gasteiger partial charge in [0.25, 0.3) is 0 Å². The van der Waals surface area contributed by atoms with Crippen LogP contribution in [0.25, 0.3) is 10.6 Å². The van der Waals surface area contributed by atoms with Crippen LogP contribution in [-0.2, 0) is 4.79 Å². The van der Waals surface area contributed by atoms with Crippen molar-refractivity contribution in [2.45, 2.75) is 45.6 Å². The Morgan fingerprint density at radius 3 is 2.82 bits per heavy atom. The van der Waals surface area contributed by atoms with Crippen LogP contribution in [-0.4, -0.2) is 16.9 Å². The molecule has 6 heteroatoms. The molecule has 0 aliphatic heterocycles. The fourth-order valence-electron chi connectivity index (χ4n) is 2.91. The number of anilines is 1. The Kier molecular flexibility index (Phi) is 4.61. The number of thiazole rings is 1. The number of nitrogens with two attached hydrogens (primary N) is 1. The van der Waals surface area contributed by atoms with Crippen molar-refractivity contribution in [3.63, 3.8) is 0 Å². The number of nitrogens with zero attached hydrogens (tertiary/aromatic N) is 1. The summed E-state index contributed by atoms with van der Waals surface area (Å²) >= 11 is 3.27. The summed E-state index contributed by atoms with van der Waals surface area (Å²) in [6.45, 7) is 4.14. The van der Waals surface area contributed by atoms with Crippen LogP contribution in [0.1, 0.15) is 35.4 Å². The zero-order chi connectivity index (χ0) is 15.7. The molecule has 1 aliphatic rings. The smallest absolute Gasteiger partial charge is 0.229 e. The number of amides is 1. The molecule has 2 heterocycles. The Balaban J connectivity index is 1.72. The molecule has 0 saturated heterocycles. The van der Waals surface area contributed by atoms with E-state index in [1.807, 2.05) is 6.92 Å². The summed E-state index contributed by atoms with van der Waals surface area (Å²) in [5, 5.41) is 3.68. The van der Waals surface area contributed by atoms with Gasteiger partial charge in [-0.05, 0) is 45.2 Å². The summed E-state index contributed by atoms with van der Waals surface area (Å²) in [5.74, 6) is 0.0956. The molecule has 118 valence electrons. The standard InChI is InChI=1S/C16H21N3OS2/c1-9-6-7-13(21-9)14-10(2)22-16(18-14)19-15(20)11-4-3-5-12(17)8-11/h6-7,11-12H,3-5,8,17H2,1-2H3,(H,18,19,20). The average Bonchev–Trinajstić information content (AvgIpc) is 3.05. The number of hydrogen-bond donors (Lipinski definition) is 2. The number of aryl methyl sites for hydroxylation is 2. The van der Waals surface area contributed by atoms with Gasteiger partial charge in [-0.25, -0.2) is 4.98 Å². The molecule has 1 saturated carbocycles. The molecule has 2 aromatic heterocycles. The van der Waals surface area contributed by atoms with Gasteiger partial charge in [0.1, 0.15) is 0 Å². The number of hydrogen-bond acceptors (Lipinski definition) is 5. The molecule has 3 rings (SSSR count). The molecule has 0 spiro atoms. The van der Waals surface area contributed by atoms with Crippen LogP contribution >= 0.6 is 22.7 Å². The van der Waals surface area contributed by atoms with Crippen molar-refractivity contribution in [3.05, 3.63) is 21.9 Å². The van der Waals surface area contributed by atoms with Crippen LogP contribution in [0.15, 0.2) is 12.1 Å². The lowest BCUT2D eigenvalue weighted by Gasteiger charge is -2.25. The predicted molar refractivity (Wildman–Crippen MR) is 93.5 cm³/mol. The van der Waals surface area contributed by atoms with Gasteiger partial charge < -0.3 is 11.1 Å². The highest BCUT2D eigenvalue weighted by Crippen LogP contribution is 2.35. The van der Waals surface area contributed by atoms with Gasteiger partial charge in [0.2, 0.25) is 5.91 Å². The average molecular weight is 335 g/mol. The number of carbonyl (C=O) groups is 1. The van der Waals surface area contributed by atoms with Gasteiger partial charge in [0.05, 0.1) is 10.6 Å². The first-order chi connectivity index (χ1) is 10.5. The summed E-state index contributed by atoms with van der Waals surface area (Å²) in [4.78, 5) is 20.6. The first-order valence-electron chi connectivity index (χ1n) is 7.63. The van der Waals surface area contributed by atoms with Gasteiger partial charge in [0, 0.05) is 21.7 Å². The third-order valence-corrected chi connectivity index (χ3v) is 5.98. The minimum atomic E-state index is 0.0281. The molecule has 0 radical (unpaired) electrons. The van der Waals surface area contributed by atoms with E-state index < -0.39 is 0 Å². The number of nitrogens with one attached hydrogen (secondary N) is 1. The number of rotatable bonds is 3. The molecule has 22 heavy (non-hydrogen) atoms. The lowest BCUT2D eigenvalue weighted by molar-refractivity contribution is -0.120. The van der Waals surface area contributed by atoms with Gasteiger partial charge in [-0.15, -0.1) is 22.7 Å². The highest BCUT2D eigenvalue weighted by Gasteiger charge is 2.26. The highest BCUT2D eigenvalue weighted by molar-refractivity contribution is 7.18. The van der Waals surface area contributed by atoms with Gasteiger partial charge in [-0.2, -0.15) is 0 Å². The van der Waals surface area contributed by atoms with Crippen molar-refractivity contribution in [3.8, 4) is 10.6 Å². The maximum Gasteiger partial charge on any atom is 0.229 e. The van der Waals surface area contributed by atoms with E-state index in [-0.39, 0.29) is 17.9 Å². The molecule has 1 aliphatic carbocycles. The van der Waals surface area contributed by atoms with Crippen molar-refractivity contribution in [1.29, 1.82) is 0 Å². The maximum atomic E-state index is 12.4. The molecule has 4 nitrogen and oxygen atoms in total. The molecular weight excluding hydrogens is 314 g/mol. The van der Waals surface area contributed by atoms with E-state index in [2.05, 4.69) is 29.4 Å². The van der Waals surface area contributed by atoms with E-state index in [4.69, 9.17) is 5.73 Å². The minimum absolute atomic E-state index is 0.0281. The number of aromatic nitrogens is 1. The summed E-state index contributed by atoms with van der Waals surface area (Å²) in [7, 11) is 0. The normalized spacial score (nSPS) is 21.8. The summed E-state index contributed by atoms with van der Waals surface area (Å²) in [6.07, 6.45) is 3.78. The summed E-state index contributed by atoms with van der Waals surface area (Å²) in [6, 6.07) is 4.35. The molecule has 2 unspecified atom stereocenters. The van der Waals surface area contributed by atoms with E-state index in [0.29, 0.717) is 5.13 Å². The lowest BCUT2D eigenvalue weighted by Crippen LogP contribution is -2.34. The Bertz CT molecular complexity index is 677. The van der Waals surface area contributed by atoms with Gasteiger partial charge >= 0.3 is 0 Å². The van der Waals surface area contributed by atoms with Crippen molar-refractivity contribution >= 4 is 33.7 Å². The zero-order valence-corrected chi connectivity index (χ0v) is 14.5. The second-order valence-electron chi connectivity index (χ2n) is 5.95. The van der Waals surface area contributed by atoms with Gasteiger partial charge in [-0.1, -0.05) is 6.42 Å². The van der Waals surface area contributed by atoms with Crippen molar-refractivity contribution in [2.24, 2.45) is 11.7 Å². The second-order valence-corrected chi connectivity index (χ2v) is 8.44. The number of carbonyl (C=O) groups excluding carboxylic acids is 1. The Morgan fingerprint density at radius 2 is 2.14 bits per heavy atom. The fraction of sp³-hybridized carbons (Fsp3) is 0.500. The van der Waals surface area contributed by atoms with E-state index in [0.717, 1.165) is 41.1 Å². The summed E-state index contributed by atoms with van der Waals surface area (Å²) < 4.78 is 0. The second kappa shape index (κ2) is 6.48. The van der Waals surface area contributed by atoms with E-state index in [1.165, 1.54) is 4.88 Å². The van der Waals surface area contributed by atoms with Gasteiger partial charge in [-0.3, -0.25) is 4.79 Å². The fourth-order valence-corrected chi connectivity index (χ4v) is 4.72. The molecule has 2 aromatic rings. The molecule has 1 amide bonds.